The minimum atomic E-state index is 0.526. The van der Waals surface area contributed by atoms with Crippen LogP contribution in [0.4, 0.5) is 5.13 Å². The fourth-order valence-corrected chi connectivity index (χ4v) is 2.66. The highest BCUT2D eigenvalue weighted by Crippen LogP contribution is 2.24. The van der Waals surface area contributed by atoms with Crippen molar-refractivity contribution in [3.63, 3.8) is 0 Å². The molecule has 1 aromatic heterocycles. The molecule has 2 rings (SSSR count). The lowest BCUT2D eigenvalue weighted by Crippen LogP contribution is -2.36. The van der Waals surface area contributed by atoms with E-state index >= 15 is 0 Å². The highest BCUT2D eigenvalue weighted by atomic mass is 32.1. The van der Waals surface area contributed by atoms with Gasteiger partial charge in [0.1, 0.15) is 0 Å². The van der Waals surface area contributed by atoms with Crippen molar-refractivity contribution < 1.29 is 4.74 Å². The molecule has 0 aromatic carbocycles. The minimum Gasteiger partial charge on any atom is -0.381 e. The number of aromatic nitrogens is 1. The molecule has 1 aliphatic heterocycles. The molecule has 0 radical (unpaired) electrons. The maximum absolute atomic E-state index is 5.55. The van der Waals surface area contributed by atoms with Crippen molar-refractivity contribution in [1.29, 1.82) is 0 Å². The maximum Gasteiger partial charge on any atom is 0.185 e. The zero-order valence-corrected chi connectivity index (χ0v) is 9.80. The molecule has 1 aliphatic rings. The van der Waals surface area contributed by atoms with Crippen molar-refractivity contribution in [1.82, 2.24) is 4.98 Å². The van der Waals surface area contributed by atoms with Crippen LogP contribution in [0, 0.1) is 0 Å². The first-order chi connectivity index (χ1) is 7.31. The summed E-state index contributed by atoms with van der Waals surface area (Å²) in [5.74, 6) is 0. The van der Waals surface area contributed by atoms with Crippen LogP contribution >= 0.6 is 11.3 Å². The van der Waals surface area contributed by atoms with E-state index in [2.05, 4.69) is 16.9 Å². The van der Waals surface area contributed by atoms with Gasteiger partial charge in [-0.25, -0.2) is 4.98 Å². The summed E-state index contributed by atoms with van der Waals surface area (Å²) in [6.45, 7) is 2.26. The second-order valence-electron chi connectivity index (χ2n) is 3.78. The molecule has 1 fully saturated rings. The molecule has 4 nitrogen and oxygen atoms in total. The van der Waals surface area contributed by atoms with Crippen LogP contribution in [0.25, 0.3) is 0 Å². The van der Waals surface area contributed by atoms with Gasteiger partial charge in [0.2, 0.25) is 0 Å². The van der Waals surface area contributed by atoms with Gasteiger partial charge in [0.15, 0.2) is 5.13 Å². The van der Waals surface area contributed by atoms with Gasteiger partial charge in [0.25, 0.3) is 0 Å². The lowest BCUT2D eigenvalue weighted by Gasteiger charge is -2.30. The van der Waals surface area contributed by atoms with Crippen molar-refractivity contribution in [2.45, 2.75) is 25.4 Å². The number of rotatable bonds is 3. The number of nitrogens with zero attached hydrogens (tertiary/aromatic N) is 2. The third-order valence-electron chi connectivity index (χ3n) is 2.79. The Morgan fingerprint density at radius 3 is 2.93 bits per heavy atom. The number of nitrogens with two attached hydrogens (primary N) is 1. The van der Waals surface area contributed by atoms with Gasteiger partial charge >= 0.3 is 0 Å². The largest absolute Gasteiger partial charge is 0.381 e. The molecule has 0 aliphatic carbocycles. The van der Waals surface area contributed by atoms with Crippen LogP contribution in [0.1, 0.15) is 18.5 Å². The standard InChI is InChI=1S/C10H17N3OS/c1-13(9-2-4-14-5-3-9)10-12-8(6-11)7-15-10/h7,9H,2-6,11H2,1H3. The minimum absolute atomic E-state index is 0.526. The van der Waals surface area contributed by atoms with Gasteiger partial charge in [-0.2, -0.15) is 0 Å². The quantitative estimate of drug-likeness (QED) is 0.843. The van der Waals surface area contributed by atoms with E-state index in [9.17, 15) is 0 Å². The number of anilines is 1. The van der Waals surface area contributed by atoms with Gasteiger partial charge in [-0.15, -0.1) is 11.3 Å². The lowest BCUT2D eigenvalue weighted by atomic mass is 10.1. The summed E-state index contributed by atoms with van der Waals surface area (Å²) in [6, 6.07) is 0.565. The molecule has 0 atom stereocenters. The van der Waals surface area contributed by atoms with Gasteiger partial charge in [0, 0.05) is 38.2 Å². The topological polar surface area (TPSA) is 51.4 Å². The van der Waals surface area contributed by atoms with Crippen molar-refractivity contribution >= 4 is 16.5 Å². The predicted octanol–water partition coefficient (Wildman–Crippen LogP) is 1.22. The molecular weight excluding hydrogens is 210 g/mol. The van der Waals surface area contributed by atoms with Gasteiger partial charge in [-0.1, -0.05) is 0 Å². The summed E-state index contributed by atoms with van der Waals surface area (Å²) in [5, 5.41) is 3.10. The van der Waals surface area contributed by atoms with Gasteiger partial charge in [0.05, 0.1) is 5.69 Å². The Morgan fingerprint density at radius 1 is 1.60 bits per heavy atom. The Morgan fingerprint density at radius 2 is 2.33 bits per heavy atom. The third-order valence-corrected chi connectivity index (χ3v) is 3.77. The highest BCUT2D eigenvalue weighted by Gasteiger charge is 2.20. The average molecular weight is 227 g/mol. The first kappa shape index (κ1) is 10.9. The zero-order valence-electron chi connectivity index (χ0n) is 8.98. The molecule has 1 saturated heterocycles. The van der Waals surface area contributed by atoms with Crippen molar-refractivity contribution in [2.24, 2.45) is 5.73 Å². The molecular formula is C10H17N3OS. The van der Waals surface area contributed by atoms with E-state index in [0.717, 1.165) is 36.9 Å². The molecule has 15 heavy (non-hydrogen) atoms. The molecule has 1 aromatic rings. The van der Waals surface area contributed by atoms with Gasteiger partial charge in [-0.05, 0) is 12.8 Å². The Bertz CT molecular complexity index is 309. The van der Waals surface area contributed by atoms with Gasteiger partial charge in [-0.3, -0.25) is 0 Å². The van der Waals surface area contributed by atoms with E-state index in [1.54, 1.807) is 11.3 Å². The summed E-state index contributed by atoms with van der Waals surface area (Å²) >= 11 is 1.67. The molecule has 2 heterocycles. The van der Waals surface area contributed by atoms with Gasteiger partial charge < -0.3 is 15.4 Å². The normalized spacial score (nSPS) is 18.0. The van der Waals surface area contributed by atoms with Crippen LogP contribution in [0.15, 0.2) is 5.38 Å². The Balaban J connectivity index is 2.02. The smallest absolute Gasteiger partial charge is 0.185 e. The van der Waals surface area contributed by atoms with Crippen LogP contribution in [0.5, 0.6) is 0 Å². The fourth-order valence-electron chi connectivity index (χ4n) is 1.78. The molecule has 5 heteroatoms. The summed E-state index contributed by atoms with van der Waals surface area (Å²) < 4.78 is 5.35. The number of thiazole rings is 1. The molecule has 84 valence electrons. The van der Waals surface area contributed by atoms with Crippen LogP contribution in [0.2, 0.25) is 0 Å². The van der Waals surface area contributed by atoms with Crippen LogP contribution in [-0.2, 0) is 11.3 Å². The van der Waals surface area contributed by atoms with Crippen LogP contribution < -0.4 is 10.6 Å². The SMILES string of the molecule is CN(c1nc(CN)cs1)C1CCOCC1. The summed E-state index contributed by atoms with van der Waals surface area (Å²) in [6.07, 6.45) is 2.18. The van der Waals surface area contributed by atoms with E-state index in [1.165, 1.54) is 0 Å². The first-order valence-corrected chi connectivity index (χ1v) is 6.14. The molecule has 0 bridgehead atoms. The second kappa shape index (κ2) is 4.92. The zero-order chi connectivity index (χ0) is 10.7. The lowest BCUT2D eigenvalue weighted by molar-refractivity contribution is 0.0855. The molecule has 0 saturated carbocycles. The van der Waals surface area contributed by atoms with Crippen molar-refractivity contribution in [3.8, 4) is 0 Å². The van der Waals surface area contributed by atoms with E-state index in [4.69, 9.17) is 10.5 Å². The van der Waals surface area contributed by atoms with E-state index in [-0.39, 0.29) is 0 Å². The van der Waals surface area contributed by atoms with E-state index < -0.39 is 0 Å². The maximum atomic E-state index is 5.55. The van der Waals surface area contributed by atoms with Crippen molar-refractivity contribution in [3.05, 3.63) is 11.1 Å². The highest BCUT2D eigenvalue weighted by molar-refractivity contribution is 7.13. The van der Waals surface area contributed by atoms with E-state index in [1.807, 2.05) is 5.38 Å². The van der Waals surface area contributed by atoms with E-state index in [0.29, 0.717) is 12.6 Å². The number of hydrogen-bond donors (Lipinski definition) is 1. The molecule has 0 amide bonds. The third kappa shape index (κ3) is 2.48. The molecule has 0 spiro atoms. The number of hydrogen-bond acceptors (Lipinski definition) is 5. The molecule has 0 unspecified atom stereocenters. The second-order valence-corrected chi connectivity index (χ2v) is 4.62. The first-order valence-electron chi connectivity index (χ1n) is 5.26. The summed E-state index contributed by atoms with van der Waals surface area (Å²) in [7, 11) is 2.11. The molecule has 2 N–H and O–H groups in total. The predicted molar refractivity (Wildman–Crippen MR) is 62.2 cm³/mol. The van der Waals surface area contributed by atoms with Crippen LogP contribution in [0.3, 0.4) is 0 Å². The summed E-state index contributed by atoms with van der Waals surface area (Å²) in [4.78, 5) is 6.74. The monoisotopic (exact) mass is 227 g/mol. The Kier molecular flexibility index (Phi) is 3.56. The van der Waals surface area contributed by atoms with Crippen LogP contribution in [-0.4, -0.2) is 31.3 Å². The summed E-state index contributed by atoms with van der Waals surface area (Å²) in [5.41, 5.74) is 6.53. The van der Waals surface area contributed by atoms with Crippen molar-refractivity contribution in [2.75, 3.05) is 25.2 Å². The number of ether oxygens (including phenoxy) is 1. The fraction of sp³-hybridized carbons (Fsp3) is 0.700. The average Bonchev–Trinajstić information content (AvgIpc) is 2.78. The Hall–Kier alpha value is -0.650. The Labute approximate surface area is 94.1 Å².